The van der Waals surface area contributed by atoms with Gasteiger partial charge in [0.05, 0.1) is 22.7 Å². The standard InChI is InChI=1S/C16H34O3S/c1-5-9-15(17,10-6-2)13-20(19)14-16(18,11-7-3)12-8-4/h17-18H,5-14H2,1-4H3. The molecule has 0 atom stereocenters. The van der Waals surface area contributed by atoms with Crippen molar-refractivity contribution in [2.45, 2.75) is 90.3 Å². The van der Waals surface area contributed by atoms with Crippen LogP contribution in [0.1, 0.15) is 79.1 Å². The predicted molar refractivity (Wildman–Crippen MR) is 87.4 cm³/mol. The summed E-state index contributed by atoms with van der Waals surface area (Å²) in [7, 11) is -1.16. The van der Waals surface area contributed by atoms with E-state index in [9.17, 15) is 14.4 Å². The molecule has 0 aromatic carbocycles. The third-order valence-electron chi connectivity index (χ3n) is 3.72. The van der Waals surface area contributed by atoms with Crippen LogP contribution in [0.25, 0.3) is 0 Å². The van der Waals surface area contributed by atoms with E-state index < -0.39 is 22.0 Å². The molecule has 0 aromatic heterocycles. The summed E-state index contributed by atoms with van der Waals surface area (Å²) in [6.07, 6.45) is 6.31. The Hall–Kier alpha value is 0.0700. The quantitative estimate of drug-likeness (QED) is 0.581. The smallest absolute Gasteiger partial charge is 0.0762 e. The van der Waals surface area contributed by atoms with Crippen LogP contribution in [-0.4, -0.2) is 37.1 Å². The first-order valence-corrected chi connectivity index (χ1v) is 9.63. The SMILES string of the molecule is CCCC(O)(CCC)CS(=O)CC(O)(CCC)CCC. The van der Waals surface area contributed by atoms with Crippen molar-refractivity contribution in [3.05, 3.63) is 0 Å². The summed E-state index contributed by atoms with van der Waals surface area (Å²) in [5.41, 5.74) is -1.65. The number of hydrogen-bond acceptors (Lipinski definition) is 3. The van der Waals surface area contributed by atoms with E-state index in [1.54, 1.807) is 0 Å². The molecule has 0 radical (unpaired) electrons. The molecule has 3 nitrogen and oxygen atoms in total. The van der Waals surface area contributed by atoms with Gasteiger partial charge in [0.25, 0.3) is 0 Å². The lowest BCUT2D eigenvalue weighted by molar-refractivity contribution is 0.0387. The molecule has 0 fully saturated rings. The van der Waals surface area contributed by atoms with E-state index >= 15 is 0 Å². The molecule has 122 valence electrons. The van der Waals surface area contributed by atoms with Crippen molar-refractivity contribution in [1.82, 2.24) is 0 Å². The Morgan fingerprint density at radius 2 is 0.950 bits per heavy atom. The van der Waals surface area contributed by atoms with Crippen molar-refractivity contribution in [1.29, 1.82) is 0 Å². The van der Waals surface area contributed by atoms with Gasteiger partial charge < -0.3 is 10.2 Å². The van der Waals surface area contributed by atoms with E-state index in [1.807, 2.05) is 27.7 Å². The van der Waals surface area contributed by atoms with Gasteiger partial charge in [-0.15, -0.1) is 0 Å². The van der Waals surface area contributed by atoms with Gasteiger partial charge in [-0.3, -0.25) is 4.21 Å². The van der Waals surface area contributed by atoms with E-state index in [0.29, 0.717) is 37.2 Å². The summed E-state index contributed by atoms with van der Waals surface area (Å²) in [5, 5.41) is 21.1. The van der Waals surface area contributed by atoms with Crippen LogP contribution in [0.4, 0.5) is 0 Å². The molecule has 0 bridgehead atoms. The van der Waals surface area contributed by atoms with Crippen molar-refractivity contribution < 1.29 is 14.4 Å². The highest BCUT2D eigenvalue weighted by Crippen LogP contribution is 2.25. The first kappa shape index (κ1) is 20.1. The lowest BCUT2D eigenvalue weighted by Crippen LogP contribution is -2.41. The van der Waals surface area contributed by atoms with E-state index in [1.165, 1.54) is 0 Å². The van der Waals surface area contributed by atoms with Gasteiger partial charge >= 0.3 is 0 Å². The zero-order chi connectivity index (χ0) is 15.6. The van der Waals surface area contributed by atoms with Crippen molar-refractivity contribution in [2.75, 3.05) is 11.5 Å². The molecule has 0 rings (SSSR count). The van der Waals surface area contributed by atoms with Crippen molar-refractivity contribution in [2.24, 2.45) is 0 Å². The molecular formula is C16H34O3S. The van der Waals surface area contributed by atoms with E-state index in [2.05, 4.69) is 0 Å². The average Bonchev–Trinajstić information content (AvgIpc) is 2.28. The van der Waals surface area contributed by atoms with Crippen LogP contribution < -0.4 is 0 Å². The third kappa shape index (κ3) is 7.75. The number of rotatable bonds is 12. The van der Waals surface area contributed by atoms with Gasteiger partial charge in [0, 0.05) is 10.8 Å². The van der Waals surface area contributed by atoms with Crippen molar-refractivity contribution >= 4 is 10.8 Å². The Kier molecular flexibility index (Phi) is 9.94. The molecule has 4 heteroatoms. The van der Waals surface area contributed by atoms with Gasteiger partial charge in [-0.25, -0.2) is 0 Å². The van der Waals surface area contributed by atoms with Crippen LogP contribution in [0.2, 0.25) is 0 Å². The third-order valence-corrected chi connectivity index (χ3v) is 5.44. The Balaban J connectivity index is 4.63. The lowest BCUT2D eigenvalue weighted by Gasteiger charge is -2.31. The van der Waals surface area contributed by atoms with Gasteiger partial charge in [0.2, 0.25) is 0 Å². The second-order valence-electron chi connectivity index (χ2n) is 6.18. The number of hydrogen-bond donors (Lipinski definition) is 2. The predicted octanol–water partition coefficient (Wildman–Crippen LogP) is 3.40. The highest BCUT2D eigenvalue weighted by atomic mass is 32.2. The van der Waals surface area contributed by atoms with Gasteiger partial charge in [0.15, 0.2) is 0 Å². The first-order valence-electron chi connectivity index (χ1n) is 8.14. The summed E-state index contributed by atoms with van der Waals surface area (Å²) in [4.78, 5) is 0. The molecule has 0 aliphatic rings. The van der Waals surface area contributed by atoms with Crippen molar-refractivity contribution in [3.8, 4) is 0 Å². The second kappa shape index (κ2) is 9.91. The largest absolute Gasteiger partial charge is 0.389 e. The van der Waals surface area contributed by atoms with Crippen LogP contribution in [0.15, 0.2) is 0 Å². The fourth-order valence-corrected chi connectivity index (χ4v) is 4.93. The summed E-state index contributed by atoms with van der Waals surface area (Å²) < 4.78 is 12.4. The normalized spacial score (nSPS) is 13.2. The zero-order valence-corrected chi connectivity index (χ0v) is 14.6. The Labute approximate surface area is 127 Å². The fourth-order valence-electron chi connectivity index (χ4n) is 3.05. The maximum Gasteiger partial charge on any atom is 0.0762 e. The minimum atomic E-state index is -1.16. The lowest BCUT2D eigenvalue weighted by atomic mass is 9.95. The van der Waals surface area contributed by atoms with E-state index in [0.717, 1.165) is 25.7 Å². The van der Waals surface area contributed by atoms with Crippen LogP contribution >= 0.6 is 0 Å². The molecule has 0 unspecified atom stereocenters. The molecule has 0 amide bonds. The summed E-state index contributed by atoms with van der Waals surface area (Å²) in [6.45, 7) is 8.14. The molecule has 0 aliphatic carbocycles. The summed E-state index contributed by atoms with van der Waals surface area (Å²) in [6, 6.07) is 0. The van der Waals surface area contributed by atoms with Gasteiger partial charge in [-0.05, 0) is 25.7 Å². The minimum Gasteiger partial charge on any atom is -0.389 e. The highest BCUT2D eigenvalue weighted by Gasteiger charge is 2.32. The Bertz CT molecular complexity index is 241. The van der Waals surface area contributed by atoms with Gasteiger partial charge in [-0.1, -0.05) is 53.4 Å². The van der Waals surface area contributed by atoms with Crippen LogP contribution in [0.3, 0.4) is 0 Å². The fraction of sp³-hybridized carbons (Fsp3) is 1.00. The van der Waals surface area contributed by atoms with Crippen LogP contribution in [-0.2, 0) is 10.8 Å². The molecule has 0 saturated heterocycles. The molecule has 0 saturated carbocycles. The van der Waals surface area contributed by atoms with E-state index in [-0.39, 0.29) is 0 Å². The van der Waals surface area contributed by atoms with Crippen molar-refractivity contribution in [3.63, 3.8) is 0 Å². The maximum absolute atomic E-state index is 12.4. The average molecular weight is 307 g/mol. The summed E-state index contributed by atoms with van der Waals surface area (Å²) in [5.74, 6) is 0.592. The highest BCUT2D eigenvalue weighted by molar-refractivity contribution is 7.85. The molecule has 0 heterocycles. The monoisotopic (exact) mass is 306 g/mol. The summed E-state index contributed by atoms with van der Waals surface area (Å²) >= 11 is 0. The van der Waals surface area contributed by atoms with Gasteiger partial charge in [-0.2, -0.15) is 0 Å². The Morgan fingerprint density at radius 3 is 1.15 bits per heavy atom. The zero-order valence-electron chi connectivity index (χ0n) is 13.8. The second-order valence-corrected chi connectivity index (χ2v) is 7.63. The minimum absolute atomic E-state index is 0.296. The van der Waals surface area contributed by atoms with Gasteiger partial charge in [0.1, 0.15) is 0 Å². The molecular weight excluding hydrogens is 272 g/mol. The number of aliphatic hydroxyl groups is 2. The molecule has 0 aromatic rings. The van der Waals surface area contributed by atoms with Crippen LogP contribution in [0, 0.1) is 0 Å². The Morgan fingerprint density at radius 1 is 0.700 bits per heavy atom. The topological polar surface area (TPSA) is 57.5 Å². The maximum atomic E-state index is 12.4. The molecule has 0 aliphatic heterocycles. The molecule has 2 N–H and O–H groups in total. The molecule has 20 heavy (non-hydrogen) atoms. The first-order chi connectivity index (χ1) is 9.34. The van der Waals surface area contributed by atoms with E-state index in [4.69, 9.17) is 0 Å². The molecule has 0 spiro atoms. The van der Waals surface area contributed by atoms with Crippen LogP contribution in [0.5, 0.6) is 0 Å².